The summed E-state index contributed by atoms with van der Waals surface area (Å²) in [6.07, 6.45) is 1.25. The van der Waals surface area contributed by atoms with E-state index in [1.807, 2.05) is 49.4 Å². The topological polar surface area (TPSA) is 81.9 Å². The number of fused-ring (bicyclic) bond motifs is 1. The molecule has 0 unspecified atom stereocenters. The lowest BCUT2D eigenvalue weighted by atomic mass is 9.97. The van der Waals surface area contributed by atoms with Gasteiger partial charge in [-0.1, -0.05) is 37.3 Å². The molecular formula is C24H26N2O5. The second-order valence-corrected chi connectivity index (χ2v) is 7.61. The minimum atomic E-state index is -0.736. The van der Waals surface area contributed by atoms with Crippen LogP contribution in [0.5, 0.6) is 5.75 Å². The molecule has 1 atom stereocenters. The molecule has 7 nitrogen and oxygen atoms in total. The summed E-state index contributed by atoms with van der Waals surface area (Å²) in [5, 5.41) is 0. The third kappa shape index (κ3) is 5.05. The summed E-state index contributed by atoms with van der Waals surface area (Å²) in [5.41, 5.74) is 1.64. The lowest BCUT2D eigenvalue weighted by Crippen LogP contribution is -2.41. The zero-order valence-corrected chi connectivity index (χ0v) is 17.5. The number of piperidine rings is 1. The van der Waals surface area contributed by atoms with Gasteiger partial charge in [-0.05, 0) is 43.5 Å². The highest BCUT2D eigenvalue weighted by Crippen LogP contribution is 2.29. The van der Waals surface area contributed by atoms with Crippen molar-refractivity contribution in [1.82, 2.24) is 9.88 Å². The maximum Gasteiger partial charge on any atom is 0.347 e. The molecule has 1 amide bonds. The SMILES string of the molecule is CC[C@@H](Oc1ccccc1)C(=O)OCC(=O)N1CCC(c2nc3ccccc3o2)CC1. The molecule has 7 heteroatoms. The zero-order valence-electron chi connectivity index (χ0n) is 17.5. The van der Waals surface area contributed by atoms with Gasteiger partial charge in [-0.2, -0.15) is 0 Å². The van der Waals surface area contributed by atoms with E-state index in [1.54, 1.807) is 17.0 Å². The third-order valence-corrected chi connectivity index (χ3v) is 5.50. The van der Waals surface area contributed by atoms with E-state index in [2.05, 4.69) is 4.98 Å². The van der Waals surface area contributed by atoms with Crippen molar-refractivity contribution in [3.8, 4) is 5.75 Å². The number of hydrogen-bond acceptors (Lipinski definition) is 6. The molecule has 2 aromatic carbocycles. The Morgan fingerprint density at radius 2 is 1.81 bits per heavy atom. The molecular weight excluding hydrogens is 396 g/mol. The predicted octanol–water partition coefficient (Wildman–Crippen LogP) is 3.93. The van der Waals surface area contributed by atoms with Crippen molar-refractivity contribution >= 4 is 23.0 Å². The Morgan fingerprint density at radius 1 is 1.10 bits per heavy atom. The first-order valence-corrected chi connectivity index (χ1v) is 10.7. The predicted molar refractivity (Wildman–Crippen MR) is 115 cm³/mol. The highest BCUT2D eigenvalue weighted by atomic mass is 16.6. The van der Waals surface area contributed by atoms with Crippen molar-refractivity contribution in [1.29, 1.82) is 0 Å². The molecule has 0 N–H and O–H groups in total. The average molecular weight is 422 g/mol. The van der Waals surface area contributed by atoms with Crippen molar-refractivity contribution in [3.63, 3.8) is 0 Å². The molecule has 162 valence electrons. The first kappa shape index (κ1) is 20.9. The number of nitrogens with zero attached hydrogens (tertiary/aromatic N) is 2. The van der Waals surface area contributed by atoms with Gasteiger partial charge in [0.05, 0.1) is 0 Å². The number of benzene rings is 2. The van der Waals surface area contributed by atoms with Crippen molar-refractivity contribution in [2.45, 2.75) is 38.2 Å². The molecule has 4 rings (SSSR count). The molecule has 1 aliphatic rings. The Kier molecular flexibility index (Phi) is 6.50. The van der Waals surface area contributed by atoms with Gasteiger partial charge in [0.25, 0.3) is 5.91 Å². The maximum atomic E-state index is 12.5. The van der Waals surface area contributed by atoms with Crippen LogP contribution in [0.1, 0.15) is 38.0 Å². The second-order valence-electron chi connectivity index (χ2n) is 7.61. The third-order valence-electron chi connectivity index (χ3n) is 5.50. The molecule has 2 heterocycles. The molecule has 31 heavy (non-hydrogen) atoms. The summed E-state index contributed by atoms with van der Waals surface area (Å²) in [6, 6.07) is 16.8. The Labute approximate surface area is 181 Å². The zero-order chi connectivity index (χ0) is 21.6. The fourth-order valence-electron chi connectivity index (χ4n) is 3.72. The van der Waals surface area contributed by atoms with Gasteiger partial charge in [0.1, 0.15) is 11.3 Å². The number of hydrogen-bond donors (Lipinski definition) is 0. The number of amides is 1. The van der Waals surface area contributed by atoms with Crippen LogP contribution < -0.4 is 4.74 Å². The van der Waals surface area contributed by atoms with E-state index in [-0.39, 0.29) is 18.4 Å². The summed E-state index contributed by atoms with van der Waals surface area (Å²) in [6.45, 7) is 2.73. The minimum absolute atomic E-state index is 0.183. The van der Waals surface area contributed by atoms with E-state index < -0.39 is 12.1 Å². The van der Waals surface area contributed by atoms with Crippen LogP contribution >= 0.6 is 0 Å². The second kappa shape index (κ2) is 9.64. The highest BCUT2D eigenvalue weighted by molar-refractivity contribution is 5.82. The standard InChI is InChI=1S/C24H26N2O5/c1-2-20(30-18-8-4-3-5-9-18)24(28)29-16-22(27)26-14-12-17(13-15-26)23-25-19-10-6-7-11-21(19)31-23/h3-11,17,20H,2,12-16H2,1H3/t20-/m1/s1. The monoisotopic (exact) mass is 422 g/mol. The number of carbonyl (C=O) groups excluding carboxylic acids is 2. The number of oxazole rings is 1. The van der Waals surface area contributed by atoms with Crippen LogP contribution in [0.2, 0.25) is 0 Å². The van der Waals surface area contributed by atoms with Gasteiger partial charge in [0.2, 0.25) is 0 Å². The summed E-state index contributed by atoms with van der Waals surface area (Å²) in [4.78, 5) is 31.2. The van der Waals surface area contributed by atoms with Crippen molar-refractivity contribution in [2.24, 2.45) is 0 Å². The fraction of sp³-hybridized carbons (Fsp3) is 0.375. The van der Waals surface area contributed by atoms with E-state index in [0.29, 0.717) is 25.3 Å². The van der Waals surface area contributed by atoms with E-state index in [9.17, 15) is 9.59 Å². The summed E-state index contributed by atoms with van der Waals surface area (Å²) < 4.78 is 16.8. The normalized spacial score (nSPS) is 15.6. The number of ether oxygens (including phenoxy) is 2. The van der Waals surface area contributed by atoms with Crippen LogP contribution in [0.15, 0.2) is 59.0 Å². The quantitative estimate of drug-likeness (QED) is 0.537. The van der Waals surface area contributed by atoms with Gasteiger partial charge in [-0.3, -0.25) is 4.79 Å². The van der Waals surface area contributed by atoms with Gasteiger partial charge in [-0.15, -0.1) is 0 Å². The Balaban J connectivity index is 1.25. The number of esters is 1. The van der Waals surface area contributed by atoms with Crippen LogP contribution in [0.4, 0.5) is 0 Å². The Morgan fingerprint density at radius 3 is 2.52 bits per heavy atom. The molecule has 1 aromatic heterocycles. The molecule has 0 saturated carbocycles. The van der Waals surface area contributed by atoms with Gasteiger partial charge < -0.3 is 18.8 Å². The van der Waals surface area contributed by atoms with Gasteiger partial charge in [0.15, 0.2) is 24.2 Å². The van der Waals surface area contributed by atoms with Gasteiger partial charge in [-0.25, -0.2) is 9.78 Å². The summed E-state index contributed by atoms with van der Waals surface area (Å²) in [5.74, 6) is 0.783. The first-order valence-electron chi connectivity index (χ1n) is 10.7. The maximum absolute atomic E-state index is 12.5. The minimum Gasteiger partial charge on any atom is -0.479 e. The lowest BCUT2D eigenvalue weighted by Gasteiger charge is -2.30. The van der Waals surface area contributed by atoms with Crippen molar-refractivity contribution in [2.75, 3.05) is 19.7 Å². The largest absolute Gasteiger partial charge is 0.479 e. The van der Waals surface area contributed by atoms with E-state index in [1.165, 1.54) is 0 Å². The van der Waals surface area contributed by atoms with E-state index >= 15 is 0 Å². The van der Waals surface area contributed by atoms with E-state index in [4.69, 9.17) is 13.9 Å². The van der Waals surface area contributed by atoms with E-state index in [0.717, 1.165) is 29.8 Å². The number of para-hydroxylation sites is 3. The van der Waals surface area contributed by atoms with Crippen LogP contribution in [-0.4, -0.2) is 47.6 Å². The number of rotatable bonds is 7. The molecule has 1 aliphatic heterocycles. The molecule has 1 fully saturated rings. The number of likely N-dealkylation sites (tertiary alicyclic amines) is 1. The number of aromatic nitrogens is 1. The lowest BCUT2D eigenvalue weighted by molar-refractivity contribution is -0.158. The number of carbonyl (C=O) groups is 2. The summed E-state index contributed by atoms with van der Waals surface area (Å²) >= 11 is 0. The summed E-state index contributed by atoms with van der Waals surface area (Å²) in [7, 11) is 0. The fourth-order valence-corrected chi connectivity index (χ4v) is 3.72. The molecule has 0 spiro atoms. The molecule has 0 radical (unpaired) electrons. The molecule has 3 aromatic rings. The first-order chi connectivity index (χ1) is 15.1. The average Bonchev–Trinajstić information content (AvgIpc) is 3.26. The van der Waals surface area contributed by atoms with Crippen LogP contribution in [0.25, 0.3) is 11.1 Å². The smallest absolute Gasteiger partial charge is 0.347 e. The van der Waals surface area contributed by atoms with Crippen molar-refractivity contribution in [3.05, 3.63) is 60.5 Å². The Bertz CT molecular complexity index is 992. The highest BCUT2D eigenvalue weighted by Gasteiger charge is 2.28. The van der Waals surface area contributed by atoms with Crippen LogP contribution in [0, 0.1) is 0 Å². The van der Waals surface area contributed by atoms with Gasteiger partial charge >= 0.3 is 5.97 Å². The van der Waals surface area contributed by atoms with Crippen LogP contribution in [0.3, 0.4) is 0 Å². The van der Waals surface area contributed by atoms with Crippen molar-refractivity contribution < 1.29 is 23.5 Å². The van der Waals surface area contributed by atoms with Gasteiger partial charge in [0, 0.05) is 19.0 Å². The van der Waals surface area contributed by atoms with Crippen LogP contribution in [-0.2, 0) is 14.3 Å². The molecule has 0 bridgehead atoms. The molecule has 0 aliphatic carbocycles. The Hall–Kier alpha value is -3.35. The molecule has 1 saturated heterocycles.